The molecule has 0 aliphatic rings. The van der Waals surface area contributed by atoms with Crippen LogP contribution in [0.3, 0.4) is 0 Å². The molecule has 1 rings (SSSR count). The van der Waals surface area contributed by atoms with Crippen LogP contribution < -0.4 is 10.5 Å². The van der Waals surface area contributed by atoms with Crippen molar-refractivity contribution >= 4 is 22.4 Å². The molecular formula is C7H10N2O3S. The van der Waals surface area contributed by atoms with E-state index in [1.165, 1.54) is 7.11 Å². The third-order valence-electron chi connectivity index (χ3n) is 1.27. The lowest BCUT2D eigenvalue weighted by atomic mass is 10.5. The number of nitrogen functional groups attached to an aromatic ring is 1. The number of ether oxygens (including phenoxy) is 2. The number of nitrogens with two attached hydrogens (primary N) is 1. The topological polar surface area (TPSA) is 74.4 Å². The largest absolute Gasteiger partial charge is 0.482 e. The fraction of sp³-hybridized carbons (Fsp3) is 0.429. The molecule has 0 aliphatic heterocycles. The minimum Gasteiger partial charge on any atom is -0.482 e. The van der Waals surface area contributed by atoms with Crippen LogP contribution in [-0.4, -0.2) is 24.7 Å². The number of hydrogen-bond acceptors (Lipinski definition) is 6. The van der Waals surface area contributed by atoms with Gasteiger partial charge in [0.15, 0.2) is 5.13 Å². The number of anilines is 1. The Balaban J connectivity index is 2.96. The van der Waals surface area contributed by atoms with Gasteiger partial charge in [-0.25, -0.2) is 9.78 Å². The number of aromatic nitrogens is 1. The minimum absolute atomic E-state index is 0.145. The van der Waals surface area contributed by atoms with Gasteiger partial charge in [0.2, 0.25) is 10.8 Å². The van der Waals surface area contributed by atoms with E-state index >= 15 is 0 Å². The maximum atomic E-state index is 11.1. The lowest BCUT2D eigenvalue weighted by molar-refractivity contribution is 0.0591. The second-order valence-corrected chi connectivity index (χ2v) is 3.11. The van der Waals surface area contributed by atoms with Gasteiger partial charge in [-0.05, 0) is 6.92 Å². The van der Waals surface area contributed by atoms with Gasteiger partial charge in [-0.1, -0.05) is 11.3 Å². The van der Waals surface area contributed by atoms with Crippen LogP contribution >= 0.6 is 11.3 Å². The van der Waals surface area contributed by atoms with E-state index in [2.05, 4.69) is 9.72 Å². The van der Waals surface area contributed by atoms with E-state index in [0.29, 0.717) is 16.8 Å². The van der Waals surface area contributed by atoms with Gasteiger partial charge in [0.05, 0.1) is 13.7 Å². The minimum atomic E-state index is -0.531. The third-order valence-corrected chi connectivity index (χ3v) is 2.06. The zero-order chi connectivity index (χ0) is 9.84. The van der Waals surface area contributed by atoms with Crippen molar-refractivity contribution in [1.82, 2.24) is 4.98 Å². The Morgan fingerprint density at radius 3 is 2.92 bits per heavy atom. The molecule has 0 aliphatic carbocycles. The molecule has 0 atom stereocenters. The summed E-state index contributed by atoms with van der Waals surface area (Å²) in [5.41, 5.74) is 5.57. The monoisotopic (exact) mass is 202 g/mol. The maximum Gasteiger partial charge on any atom is 0.361 e. The highest BCUT2D eigenvalue weighted by molar-refractivity contribution is 7.17. The van der Waals surface area contributed by atoms with Crippen molar-refractivity contribution in [3.63, 3.8) is 0 Å². The second-order valence-electron chi connectivity index (χ2n) is 2.11. The van der Waals surface area contributed by atoms with E-state index in [9.17, 15) is 4.79 Å². The molecule has 13 heavy (non-hydrogen) atoms. The molecule has 5 nitrogen and oxygen atoms in total. The number of methoxy groups -OCH3 is 1. The fourth-order valence-electron chi connectivity index (χ4n) is 0.777. The van der Waals surface area contributed by atoms with Crippen LogP contribution in [0.1, 0.15) is 17.4 Å². The average molecular weight is 202 g/mol. The summed E-state index contributed by atoms with van der Waals surface area (Å²) < 4.78 is 9.66. The molecule has 6 heteroatoms. The normalized spacial score (nSPS) is 9.69. The van der Waals surface area contributed by atoms with Crippen LogP contribution in [0.5, 0.6) is 5.06 Å². The fourth-order valence-corrected chi connectivity index (χ4v) is 1.51. The summed E-state index contributed by atoms with van der Waals surface area (Å²) in [6, 6.07) is 0. The number of esters is 1. The summed E-state index contributed by atoms with van der Waals surface area (Å²) in [5, 5.41) is 0.704. The lowest BCUT2D eigenvalue weighted by Gasteiger charge is -1.99. The molecule has 1 aromatic heterocycles. The summed E-state index contributed by atoms with van der Waals surface area (Å²) in [6.45, 7) is 2.28. The Hall–Kier alpha value is -1.30. The summed E-state index contributed by atoms with van der Waals surface area (Å²) >= 11 is 1.13. The first kappa shape index (κ1) is 9.79. The van der Waals surface area contributed by atoms with Gasteiger partial charge in [0, 0.05) is 0 Å². The predicted molar refractivity (Wildman–Crippen MR) is 49.0 cm³/mol. The molecule has 0 unspecified atom stereocenters. The molecule has 72 valence electrons. The molecule has 0 aromatic carbocycles. The van der Waals surface area contributed by atoms with Crippen LogP contribution in [0.15, 0.2) is 0 Å². The summed E-state index contributed by atoms with van der Waals surface area (Å²) in [6.07, 6.45) is 0. The molecule has 0 amide bonds. The number of carbonyl (C=O) groups excluding carboxylic acids is 1. The van der Waals surface area contributed by atoms with E-state index in [1.807, 2.05) is 6.92 Å². The van der Waals surface area contributed by atoms with Crippen molar-refractivity contribution in [1.29, 1.82) is 0 Å². The molecule has 2 N–H and O–H groups in total. The third kappa shape index (κ3) is 2.09. The summed E-state index contributed by atoms with van der Waals surface area (Å²) in [7, 11) is 1.29. The van der Waals surface area contributed by atoms with Crippen molar-refractivity contribution < 1.29 is 14.3 Å². The van der Waals surface area contributed by atoms with Gasteiger partial charge < -0.3 is 15.2 Å². The van der Waals surface area contributed by atoms with Crippen LogP contribution in [-0.2, 0) is 4.74 Å². The highest BCUT2D eigenvalue weighted by Gasteiger charge is 2.18. The standard InChI is InChI=1S/C7H10N2O3S/c1-3-12-6-4(5(10)11-2)9-7(8)13-6/h3H2,1-2H3,(H2,8,9). The molecule has 1 aromatic rings. The molecule has 0 saturated carbocycles. The van der Waals surface area contributed by atoms with Crippen molar-refractivity contribution in [2.45, 2.75) is 6.92 Å². The zero-order valence-electron chi connectivity index (χ0n) is 7.36. The number of carbonyl (C=O) groups is 1. The molecular weight excluding hydrogens is 192 g/mol. The van der Waals surface area contributed by atoms with Crippen molar-refractivity contribution in [2.24, 2.45) is 0 Å². The van der Waals surface area contributed by atoms with Gasteiger partial charge in [-0.15, -0.1) is 0 Å². The quantitative estimate of drug-likeness (QED) is 0.737. The SMILES string of the molecule is CCOc1sc(N)nc1C(=O)OC. The first-order chi connectivity index (χ1) is 6.19. The zero-order valence-corrected chi connectivity index (χ0v) is 8.18. The van der Waals surface area contributed by atoms with Crippen LogP contribution in [0.25, 0.3) is 0 Å². The Kier molecular flexibility index (Phi) is 3.07. The number of hydrogen-bond donors (Lipinski definition) is 1. The Bertz CT molecular complexity index is 311. The van der Waals surface area contributed by atoms with Crippen LogP contribution in [0, 0.1) is 0 Å². The molecule has 0 radical (unpaired) electrons. The first-order valence-electron chi connectivity index (χ1n) is 3.66. The van der Waals surface area contributed by atoms with Crippen LogP contribution in [0.2, 0.25) is 0 Å². The van der Waals surface area contributed by atoms with Crippen molar-refractivity contribution in [2.75, 3.05) is 19.5 Å². The van der Waals surface area contributed by atoms with Gasteiger partial charge in [-0.2, -0.15) is 0 Å². The highest BCUT2D eigenvalue weighted by atomic mass is 32.1. The Morgan fingerprint density at radius 2 is 2.38 bits per heavy atom. The predicted octanol–water partition coefficient (Wildman–Crippen LogP) is 0.911. The van der Waals surface area contributed by atoms with E-state index < -0.39 is 5.97 Å². The van der Waals surface area contributed by atoms with Gasteiger partial charge in [0.1, 0.15) is 0 Å². The second kappa shape index (κ2) is 4.08. The van der Waals surface area contributed by atoms with Crippen molar-refractivity contribution in [3.8, 4) is 5.06 Å². The first-order valence-corrected chi connectivity index (χ1v) is 4.48. The number of rotatable bonds is 3. The number of nitrogens with zero attached hydrogens (tertiary/aromatic N) is 1. The number of thiazole rings is 1. The Labute approximate surface area is 79.5 Å². The van der Waals surface area contributed by atoms with Gasteiger partial charge in [0.25, 0.3) is 0 Å². The molecule has 0 bridgehead atoms. The average Bonchev–Trinajstić information content (AvgIpc) is 2.46. The van der Waals surface area contributed by atoms with Gasteiger partial charge >= 0.3 is 5.97 Å². The highest BCUT2D eigenvalue weighted by Crippen LogP contribution is 2.29. The van der Waals surface area contributed by atoms with E-state index in [1.54, 1.807) is 0 Å². The molecule has 0 spiro atoms. The van der Waals surface area contributed by atoms with E-state index in [4.69, 9.17) is 10.5 Å². The molecule has 0 fully saturated rings. The molecule has 0 saturated heterocycles. The Morgan fingerprint density at radius 1 is 1.69 bits per heavy atom. The van der Waals surface area contributed by atoms with Gasteiger partial charge in [-0.3, -0.25) is 0 Å². The maximum absolute atomic E-state index is 11.1. The summed E-state index contributed by atoms with van der Waals surface area (Å²) in [5.74, 6) is -0.531. The van der Waals surface area contributed by atoms with E-state index in [-0.39, 0.29) is 5.69 Å². The van der Waals surface area contributed by atoms with Crippen LogP contribution in [0.4, 0.5) is 5.13 Å². The van der Waals surface area contributed by atoms with E-state index in [0.717, 1.165) is 11.3 Å². The molecule has 1 heterocycles. The smallest absolute Gasteiger partial charge is 0.361 e. The summed E-state index contributed by atoms with van der Waals surface area (Å²) in [4.78, 5) is 14.9. The van der Waals surface area contributed by atoms with Crippen molar-refractivity contribution in [3.05, 3.63) is 5.69 Å². The lowest BCUT2D eigenvalue weighted by Crippen LogP contribution is -2.04.